The first-order valence-electron chi connectivity index (χ1n) is 7.35. The molecule has 2 nitrogen and oxygen atoms in total. The van der Waals surface area contributed by atoms with E-state index < -0.39 is 6.10 Å². The van der Waals surface area contributed by atoms with Crippen molar-refractivity contribution in [2.24, 2.45) is 0 Å². The number of hydrogen-bond acceptors (Lipinski definition) is 2. The van der Waals surface area contributed by atoms with Gasteiger partial charge in [0.05, 0.1) is 6.10 Å². The Morgan fingerprint density at radius 2 is 1.65 bits per heavy atom. The maximum atomic E-state index is 10.4. The quantitative estimate of drug-likeness (QED) is 0.923. The zero-order valence-electron chi connectivity index (χ0n) is 11.7. The predicted molar refractivity (Wildman–Crippen MR) is 81.4 cm³/mol. The minimum Gasteiger partial charge on any atom is -0.387 e. The van der Waals surface area contributed by atoms with Gasteiger partial charge in [-0.1, -0.05) is 54.6 Å². The summed E-state index contributed by atoms with van der Waals surface area (Å²) in [6, 6.07) is 18.6. The van der Waals surface area contributed by atoms with Crippen LogP contribution in [0.4, 0.5) is 0 Å². The van der Waals surface area contributed by atoms with Crippen LogP contribution >= 0.6 is 0 Å². The van der Waals surface area contributed by atoms with E-state index >= 15 is 0 Å². The van der Waals surface area contributed by atoms with Crippen LogP contribution in [0.1, 0.15) is 29.2 Å². The monoisotopic (exact) mass is 267 g/mol. The van der Waals surface area contributed by atoms with E-state index in [1.165, 1.54) is 17.5 Å². The Hall–Kier alpha value is -1.64. The first kappa shape index (κ1) is 13.3. The molecule has 0 saturated carbocycles. The fourth-order valence-corrected chi connectivity index (χ4v) is 2.95. The predicted octanol–water partition coefficient (Wildman–Crippen LogP) is 3.17. The van der Waals surface area contributed by atoms with Gasteiger partial charge in [-0.2, -0.15) is 0 Å². The van der Waals surface area contributed by atoms with E-state index in [1.807, 2.05) is 30.3 Å². The lowest BCUT2D eigenvalue weighted by molar-refractivity contribution is 0.110. The third kappa shape index (κ3) is 3.09. The molecule has 0 aliphatic carbocycles. The Balaban J connectivity index is 1.69. The van der Waals surface area contributed by atoms with Crippen molar-refractivity contribution in [2.45, 2.75) is 25.5 Å². The van der Waals surface area contributed by atoms with E-state index in [4.69, 9.17) is 0 Å². The van der Waals surface area contributed by atoms with Gasteiger partial charge in [0, 0.05) is 13.1 Å². The van der Waals surface area contributed by atoms with Gasteiger partial charge in [0.1, 0.15) is 0 Å². The number of rotatable bonds is 3. The fraction of sp³-hybridized carbons (Fsp3) is 0.333. The SMILES string of the molecule is O[C@@H](CN1CCCc2ccccc2C1)c1ccccc1. The molecule has 0 unspecified atom stereocenters. The van der Waals surface area contributed by atoms with Crippen LogP contribution in [0.15, 0.2) is 54.6 Å². The van der Waals surface area contributed by atoms with E-state index in [0.29, 0.717) is 6.54 Å². The summed E-state index contributed by atoms with van der Waals surface area (Å²) in [4.78, 5) is 2.36. The van der Waals surface area contributed by atoms with Crippen molar-refractivity contribution in [1.29, 1.82) is 0 Å². The highest BCUT2D eigenvalue weighted by atomic mass is 16.3. The van der Waals surface area contributed by atoms with Gasteiger partial charge in [0.2, 0.25) is 0 Å². The summed E-state index contributed by atoms with van der Waals surface area (Å²) in [6.07, 6.45) is 1.91. The zero-order chi connectivity index (χ0) is 13.8. The van der Waals surface area contributed by atoms with Gasteiger partial charge >= 0.3 is 0 Å². The van der Waals surface area contributed by atoms with E-state index in [1.54, 1.807) is 0 Å². The van der Waals surface area contributed by atoms with Crippen LogP contribution in [0, 0.1) is 0 Å². The number of aliphatic hydroxyl groups excluding tert-OH is 1. The van der Waals surface area contributed by atoms with Gasteiger partial charge in [-0.3, -0.25) is 4.90 Å². The van der Waals surface area contributed by atoms with Crippen molar-refractivity contribution in [2.75, 3.05) is 13.1 Å². The standard InChI is InChI=1S/C18H21NO/c20-18(16-8-2-1-3-9-16)14-19-12-6-11-15-7-4-5-10-17(15)13-19/h1-5,7-10,18,20H,6,11-14H2/t18-/m0/s1. The molecule has 0 radical (unpaired) electrons. The third-order valence-electron chi connectivity index (χ3n) is 4.05. The molecule has 1 aliphatic heterocycles. The van der Waals surface area contributed by atoms with Crippen molar-refractivity contribution >= 4 is 0 Å². The Morgan fingerprint density at radius 1 is 0.950 bits per heavy atom. The molecule has 3 rings (SSSR count). The second-order valence-electron chi connectivity index (χ2n) is 5.53. The minimum absolute atomic E-state index is 0.401. The number of fused-ring (bicyclic) bond motifs is 1. The Bertz CT molecular complexity index is 552. The maximum Gasteiger partial charge on any atom is 0.0917 e. The van der Waals surface area contributed by atoms with Crippen LogP contribution in [0.3, 0.4) is 0 Å². The fourth-order valence-electron chi connectivity index (χ4n) is 2.95. The van der Waals surface area contributed by atoms with Gasteiger partial charge in [-0.25, -0.2) is 0 Å². The number of nitrogens with zero attached hydrogens (tertiary/aromatic N) is 1. The van der Waals surface area contributed by atoms with E-state index in [2.05, 4.69) is 29.2 Å². The molecule has 2 aromatic carbocycles. The molecule has 20 heavy (non-hydrogen) atoms. The number of aryl methyl sites for hydroxylation is 1. The second-order valence-corrected chi connectivity index (χ2v) is 5.53. The second kappa shape index (κ2) is 6.21. The van der Waals surface area contributed by atoms with Gasteiger partial charge in [0.25, 0.3) is 0 Å². The van der Waals surface area contributed by atoms with Crippen LogP contribution in [-0.4, -0.2) is 23.1 Å². The number of β-amino-alcohol motifs (C(OH)–C–C–N with tert-alkyl or cyclic N) is 1. The van der Waals surface area contributed by atoms with Gasteiger partial charge in [-0.05, 0) is 36.1 Å². The lowest BCUT2D eigenvalue weighted by Crippen LogP contribution is -2.28. The summed E-state index contributed by atoms with van der Waals surface area (Å²) in [5.41, 5.74) is 3.87. The summed E-state index contributed by atoms with van der Waals surface area (Å²) in [7, 11) is 0. The van der Waals surface area contributed by atoms with Gasteiger partial charge in [-0.15, -0.1) is 0 Å². The average Bonchev–Trinajstić information content (AvgIpc) is 2.69. The first-order chi connectivity index (χ1) is 9.83. The minimum atomic E-state index is -0.401. The van der Waals surface area contributed by atoms with E-state index in [-0.39, 0.29) is 0 Å². The van der Waals surface area contributed by atoms with Crippen molar-refractivity contribution in [1.82, 2.24) is 4.90 Å². The van der Waals surface area contributed by atoms with Crippen molar-refractivity contribution in [3.05, 3.63) is 71.3 Å². The van der Waals surface area contributed by atoms with Crippen LogP contribution in [0.2, 0.25) is 0 Å². The van der Waals surface area contributed by atoms with E-state index in [0.717, 1.165) is 25.1 Å². The zero-order valence-corrected chi connectivity index (χ0v) is 11.7. The summed E-state index contributed by atoms with van der Waals surface area (Å²) >= 11 is 0. The van der Waals surface area contributed by atoms with Crippen LogP contribution in [0.5, 0.6) is 0 Å². The number of benzene rings is 2. The molecular formula is C18H21NO. The smallest absolute Gasteiger partial charge is 0.0917 e. The summed E-state index contributed by atoms with van der Waals surface area (Å²) in [6.45, 7) is 2.71. The molecule has 0 spiro atoms. The summed E-state index contributed by atoms with van der Waals surface area (Å²) in [5.74, 6) is 0. The largest absolute Gasteiger partial charge is 0.387 e. The molecule has 2 aromatic rings. The van der Waals surface area contributed by atoms with Gasteiger partial charge < -0.3 is 5.11 Å². The van der Waals surface area contributed by atoms with Crippen molar-refractivity contribution in [3.8, 4) is 0 Å². The summed E-state index contributed by atoms with van der Waals surface area (Å²) in [5, 5.41) is 10.4. The first-order valence-corrected chi connectivity index (χ1v) is 7.35. The highest BCUT2D eigenvalue weighted by Crippen LogP contribution is 2.21. The molecule has 1 atom stereocenters. The molecular weight excluding hydrogens is 246 g/mol. The Labute approximate surface area is 120 Å². The third-order valence-corrected chi connectivity index (χ3v) is 4.05. The molecule has 104 valence electrons. The summed E-state index contributed by atoms with van der Waals surface area (Å²) < 4.78 is 0. The molecule has 1 aliphatic rings. The normalized spacial score (nSPS) is 17.2. The Kier molecular flexibility index (Phi) is 4.14. The lowest BCUT2D eigenvalue weighted by Gasteiger charge is -2.23. The number of aliphatic hydroxyl groups is 1. The molecule has 0 aromatic heterocycles. The maximum absolute atomic E-state index is 10.4. The Morgan fingerprint density at radius 3 is 2.45 bits per heavy atom. The van der Waals surface area contributed by atoms with Gasteiger partial charge in [0.15, 0.2) is 0 Å². The van der Waals surface area contributed by atoms with Crippen LogP contribution in [-0.2, 0) is 13.0 Å². The molecule has 0 amide bonds. The van der Waals surface area contributed by atoms with Crippen LogP contribution < -0.4 is 0 Å². The highest BCUT2D eigenvalue weighted by molar-refractivity contribution is 5.28. The van der Waals surface area contributed by atoms with Crippen molar-refractivity contribution < 1.29 is 5.11 Å². The van der Waals surface area contributed by atoms with E-state index in [9.17, 15) is 5.11 Å². The molecule has 0 saturated heterocycles. The van der Waals surface area contributed by atoms with Crippen molar-refractivity contribution in [3.63, 3.8) is 0 Å². The highest BCUT2D eigenvalue weighted by Gasteiger charge is 2.17. The average molecular weight is 267 g/mol. The molecule has 2 heteroatoms. The van der Waals surface area contributed by atoms with Crippen LogP contribution in [0.25, 0.3) is 0 Å². The molecule has 0 bridgehead atoms. The lowest BCUT2D eigenvalue weighted by atomic mass is 10.0. The molecule has 1 N–H and O–H groups in total. The molecule has 0 fully saturated rings. The topological polar surface area (TPSA) is 23.5 Å². The number of hydrogen-bond donors (Lipinski definition) is 1. The molecule has 1 heterocycles.